The summed E-state index contributed by atoms with van der Waals surface area (Å²) in [5.74, 6) is 0.714. The van der Waals surface area contributed by atoms with Gasteiger partial charge in [-0.1, -0.05) is 43.9 Å². The van der Waals surface area contributed by atoms with E-state index >= 15 is 0 Å². The van der Waals surface area contributed by atoms with Gasteiger partial charge in [0.1, 0.15) is 0 Å². The predicted octanol–water partition coefficient (Wildman–Crippen LogP) is 4.41. The van der Waals surface area contributed by atoms with Crippen molar-refractivity contribution in [3.05, 3.63) is 28.8 Å². The summed E-state index contributed by atoms with van der Waals surface area (Å²) in [5, 5.41) is 0.707. The smallest absolute Gasteiger partial charge is 0.0735 e. The van der Waals surface area contributed by atoms with Crippen LogP contribution in [-0.2, 0) is 11.3 Å². The lowest BCUT2D eigenvalue weighted by Gasteiger charge is -2.30. The topological polar surface area (TPSA) is 35.2 Å². The minimum atomic E-state index is 0.400. The van der Waals surface area contributed by atoms with E-state index in [-0.39, 0.29) is 0 Å². The summed E-state index contributed by atoms with van der Waals surface area (Å²) in [6, 6.07) is 5.63. The van der Waals surface area contributed by atoms with Gasteiger partial charge in [-0.05, 0) is 36.5 Å². The first kappa shape index (κ1) is 13.7. The van der Waals surface area contributed by atoms with E-state index in [1.54, 1.807) is 6.07 Å². The molecule has 0 saturated heterocycles. The van der Waals surface area contributed by atoms with Crippen molar-refractivity contribution in [1.29, 1.82) is 0 Å². The number of ether oxygens (including phenoxy) is 1. The second-order valence-electron chi connectivity index (χ2n) is 5.15. The van der Waals surface area contributed by atoms with E-state index in [2.05, 4.69) is 6.92 Å². The highest BCUT2D eigenvalue weighted by atomic mass is 35.5. The molecule has 0 heterocycles. The molecule has 18 heavy (non-hydrogen) atoms. The van der Waals surface area contributed by atoms with Crippen LogP contribution in [0.25, 0.3) is 0 Å². The molecular formula is C15H22ClNO. The average Bonchev–Trinajstić information content (AvgIpc) is 2.38. The Morgan fingerprint density at radius 3 is 2.83 bits per heavy atom. The summed E-state index contributed by atoms with van der Waals surface area (Å²) in [7, 11) is 0. The number of hydrogen-bond acceptors (Lipinski definition) is 2. The van der Waals surface area contributed by atoms with E-state index in [0.717, 1.165) is 5.56 Å². The van der Waals surface area contributed by atoms with Crippen molar-refractivity contribution in [2.45, 2.75) is 51.7 Å². The Labute approximate surface area is 114 Å². The molecule has 0 radical (unpaired) electrons. The quantitative estimate of drug-likeness (QED) is 0.821. The Bertz CT molecular complexity index is 394. The van der Waals surface area contributed by atoms with E-state index < -0.39 is 0 Å². The van der Waals surface area contributed by atoms with Gasteiger partial charge in [0.2, 0.25) is 0 Å². The number of anilines is 1. The third-order valence-corrected chi connectivity index (χ3v) is 4.25. The normalized spacial score (nSPS) is 24.1. The van der Waals surface area contributed by atoms with Crippen molar-refractivity contribution < 1.29 is 4.74 Å². The maximum absolute atomic E-state index is 6.16. The van der Waals surface area contributed by atoms with Crippen LogP contribution in [0.15, 0.2) is 18.2 Å². The van der Waals surface area contributed by atoms with Crippen LogP contribution in [0.1, 0.15) is 44.6 Å². The minimum Gasteiger partial charge on any atom is -0.399 e. The Balaban J connectivity index is 1.93. The van der Waals surface area contributed by atoms with E-state index in [1.807, 2.05) is 12.1 Å². The van der Waals surface area contributed by atoms with Crippen LogP contribution in [0, 0.1) is 5.92 Å². The lowest BCUT2D eigenvalue weighted by Crippen LogP contribution is -2.27. The number of halogens is 1. The number of nitrogens with two attached hydrogens (primary N) is 1. The SMILES string of the molecule is CCC1CCCCC1OCc1ccc(N)cc1Cl. The molecular weight excluding hydrogens is 246 g/mol. The zero-order valence-electron chi connectivity index (χ0n) is 11.0. The van der Waals surface area contributed by atoms with Crippen LogP contribution in [0.2, 0.25) is 5.02 Å². The second kappa shape index (κ2) is 6.44. The lowest BCUT2D eigenvalue weighted by molar-refractivity contribution is -0.0221. The molecule has 1 aromatic rings. The molecule has 0 spiro atoms. The zero-order chi connectivity index (χ0) is 13.0. The van der Waals surface area contributed by atoms with Crippen LogP contribution in [-0.4, -0.2) is 6.10 Å². The van der Waals surface area contributed by atoms with Gasteiger partial charge < -0.3 is 10.5 Å². The average molecular weight is 268 g/mol. The van der Waals surface area contributed by atoms with Crippen molar-refractivity contribution in [1.82, 2.24) is 0 Å². The highest BCUT2D eigenvalue weighted by Crippen LogP contribution is 2.30. The summed E-state index contributed by atoms with van der Waals surface area (Å²) in [6.45, 7) is 2.85. The van der Waals surface area contributed by atoms with Crippen LogP contribution >= 0.6 is 11.6 Å². The molecule has 0 amide bonds. The van der Waals surface area contributed by atoms with Crippen molar-refractivity contribution >= 4 is 17.3 Å². The second-order valence-corrected chi connectivity index (χ2v) is 5.56. The van der Waals surface area contributed by atoms with Gasteiger partial charge in [-0.2, -0.15) is 0 Å². The third kappa shape index (κ3) is 3.39. The maximum Gasteiger partial charge on any atom is 0.0735 e. The van der Waals surface area contributed by atoms with E-state index in [1.165, 1.54) is 32.1 Å². The molecule has 1 aliphatic carbocycles. The number of nitrogen functional groups attached to an aromatic ring is 1. The fourth-order valence-electron chi connectivity index (χ4n) is 2.74. The number of benzene rings is 1. The van der Waals surface area contributed by atoms with Crippen molar-refractivity contribution in [3.63, 3.8) is 0 Å². The van der Waals surface area contributed by atoms with Crippen molar-refractivity contribution in [2.75, 3.05) is 5.73 Å². The molecule has 2 unspecified atom stereocenters. The zero-order valence-corrected chi connectivity index (χ0v) is 11.7. The highest BCUT2D eigenvalue weighted by Gasteiger charge is 2.24. The molecule has 2 N–H and O–H groups in total. The summed E-state index contributed by atoms with van der Waals surface area (Å²) >= 11 is 6.16. The van der Waals surface area contributed by atoms with Crippen molar-refractivity contribution in [2.24, 2.45) is 5.92 Å². The van der Waals surface area contributed by atoms with E-state index in [0.29, 0.717) is 29.3 Å². The highest BCUT2D eigenvalue weighted by molar-refractivity contribution is 6.31. The summed E-state index contributed by atoms with van der Waals surface area (Å²) in [6.07, 6.45) is 6.73. The van der Waals surface area contributed by atoms with Crippen LogP contribution < -0.4 is 5.73 Å². The Hall–Kier alpha value is -0.730. The monoisotopic (exact) mass is 267 g/mol. The third-order valence-electron chi connectivity index (χ3n) is 3.89. The minimum absolute atomic E-state index is 0.400. The standard InChI is InChI=1S/C15H22ClNO/c1-2-11-5-3-4-6-15(11)18-10-12-7-8-13(17)9-14(12)16/h7-9,11,15H,2-6,10,17H2,1H3. The predicted molar refractivity (Wildman–Crippen MR) is 76.7 cm³/mol. The lowest BCUT2D eigenvalue weighted by atomic mass is 9.85. The first-order chi connectivity index (χ1) is 8.70. The first-order valence-electron chi connectivity index (χ1n) is 6.86. The van der Waals surface area contributed by atoms with E-state index in [4.69, 9.17) is 22.1 Å². The summed E-state index contributed by atoms with van der Waals surface area (Å²) in [5.41, 5.74) is 7.42. The van der Waals surface area contributed by atoms with Gasteiger partial charge in [-0.25, -0.2) is 0 Å². The molecule has 0 aliphatic heterocycles. The van der Waals surface area contributed by atoms with Gasteiger partial charge in [0.15, 0.2) is 0 Å². The molecule has 1 fully saturated rings. The Kier molecular flexibility index (Phi) is 4.90. The first-order valence-corrected chi connectivity index (χ1v) is 7.24. The molecule has 3 heteroatoms. The molecule has 0 aromatic heterocycles. The summed E-state index contributed by atoms with van der Waals surface area (Å²) in [4.78, 5) is 0. The molecule has 1 saturated carbocycles. The molecule has 1 aliphatic rings. The largest absolute Gasteiger partial charge is 0.399 e. The van der Waals surface area contributed by atoms with Gasteiger partial charge in [0.05, 0.1) is 12.7 Å². The van der Waals surface area contributed by atoms with Gasteiger partial charge >= 0.3 is 0 Å². The molecule has 2 rings (SSSR count). The number of hydrogen-bond donors (Lipinski definition) is 1. The maximum atomic E-state index is 6.16. The number of rotatable bonds is 4. The van der Waals surface area contributed by atoms with Crippen LogP contribution in [0.3, 0.4) is 0 Å². The fraction of sp³-hybridized carbons (Fsp3) is 0.600. The molecule has 1 aromatic carbocycles. The molecule has 2 nitrogen and oxygen atoms in total. The van der Waals surface area contributed by atoms with E-state index in [9.17, 15) is 0 Å². The van der Waals surface area contributed by atoms with Gasteiger partial charge in [0.25, 0.3) is 0 Å². The Morgan fingerprint density at radius 1 is 1.33 bits per heavy atom. The van der Waals surface area contributed by atoms with Crippen molar-refractivity contribution in [3.8, 4) is 0 Å². The van der Waals surface area contributed by atoms with Gasteiger partial charge in [-0.15, -0.1) is 0 Å². The summed E-state index contributed by atoms with van der Waals surface area (Å²) < 4.78 is 6.07. The van der Waals surface area contributed by atoms with Crippen LogP contribution in [0.4, 0.5) is 5.69 Å². The fourth-order valence-corrected chi connectivity index (χ4v) is 2.98. The Morgan fingerprint density at radius 2 is 2.11 bits per heavy atom. The van der Waals surface area contributed by atoms with Gasteiger partial charge in [-0.3, -0.25) is 0 Å². The molecule has 2 atom stereocenters. The molecule has 0 bridgehead atoms. The molecule has 100 valence electrons. The van der Waals surface area contributed by atoms with Crippen LogP contribution in [0.5, 0.6) is 0 Å². The van der Waals surface area contributed by atoms with Gasteiger partial charge in [0, 0.05) is 10.7 Å².